The third-order valence-corrected chi connectivity index (χ3v) is 10.4. The second kappa shape index (κ2) is 15.2. The molecular formula is C37H39F3N4O6S. The molecule has 51 heavy (non-hydrogen) atoms. The quantitative estimate of drug-likeness (QED) is 0.188. The van der Waals surface area contributed by atoms with Gasteiger partial charge in [0.05, 0.1) is 46.9 Å². The van der Waals surface area contributed by atoms with Gasteiger partial charge in [0.1, 0.15) is 0 Å². The van der Waals surface area contributed by atoms with Crippen LogP contribution in [0.3, 0.4) is 0 Å². The molecule has 3 aromatic carbocycles. The van der Waals surface area contributed by atoms with Gasteiger partial charge in [0.2, 0.25) is 10.0 Å². The van der Waals surface area contributed by atoms with Crippen molar-refractivity contribution in [2.45, 2.75) is 80.9 Å². The Bertz CT molecular complexity index is 1990. The molecule has 2 saturated carbocycles. The molecular weight excluding hydrogens is 685 g/mol. The van der Waals surface area contributed by atoms with Gasteiger partial charge < -0.3 is 14.6 Å². The van der Waals surface area contributed by atoms with Crippen LogP contribution in [0.4, 0.5) is 13.2 Å². The maximum absolute atomic E-state index is 13.1. The number of aryl methyl sites for hydroxylation is 1. The third-order valence-electron chi connectivity index (χ3n) is 9.47. The molecule has 0 unspecified atom stereocenters. The average molecular weight is 725 g/mol. The number of rotatable bonds is 8. The third kappa shape index (κ3) is 8.72. The minimum Gasteiger partial charge on any atom is -0.493 e. The smallest absolute Gasteiger partial charge is 0.435 e. The first-order chi connectivity index (χ1) is 24.1. The molecule has 0 bridgehead atoms. The number of nitriles is 1. The van der Waals surface area contributed by atoms with E-state index in [0.717, 1.165) is 34.7 Å². The zero-order valence-electron chi connectivity index (χ0n) is 28.2. The van der Waals surface area contributed by atoms with Crippen LogP contribution in [0.2, 0.25) is 0 Å². The number of sulfonamides is 1. The minimum absolute atomic E-state index is 0.138. The van der Waals surface area contributed by atoms with E-state index in [1.807, 2.05) is 25.1 Å². The fraction of sp³-hybridized carbons (Fsp3) is 0.378. The van der Waals surface area contributed by atoms with Crippen LogP contribution in [-0.2, 0) is 26.4 Å². The summed E-state index contributed by atoms with van der Waals surface area (Å²) in [6, 6.07) is 21.2. The van der Waals surface area contributed by atoms with Crippen molar-refractivity contribution < 1.29 is 41.0 Å². The van der Waals surface area contributed by atoms with Gasteiger partial charge in [-0.3, -0.25) is 4.79 Å². The lowest BCUT2D eigenvalue weighted by molar-refractivity contribution is -0.143. The fourth-order valence-corrected chi connectivity index (χ4v) is 7.01. The number of nitrogens with zero attached hydrogens (tertiary/aromatic N) is 3. The molecule has 6 rings (SSSR count). The molecule has 4 aromatic rings. The van der Waals surface area contributed by atoms with Gasteiger partial charge in [-0.25, -0.2) is 18.2 Å². The molecule has 0 amide bonds. The second-order valence-corrected chi connectivity index (χ2v) is 14.5. The second-order valence-electron chi connectivity index (χ2n) is 12.9. The fourth-order valence-electron chi connectivity index (χ4n) is 6.50. The number of carboxylic acids is 1. The number of carbonyl (C=O) groups is 1. The van der Waals surface area contributed by atoms with Gasteiger partial charge in [0, 0.05) is 5.56 Å². The van der Waals surface area contributed by atoms with Crippen LogP contribution in [0.1, 0.15) is 68.2 Å². The van der Waals surface area contributed by atoms with Gasteiger partial charge in [-0.05, 0) is 106 Å². The summed E-state index contributed by atoms with van der Waals surface area (Å²) in [5, 5.41) is 27.8. The van der Waals surface area contributed by atoms with Crippen molar-refractivity contribution in [1.82, 2.24) is 9.78 Å². The summed E-state index contributed by atoms with van der Waals surface area (Å²) < 4.78 is 74.8. The highest BCUT2D eigenvalue weighted by molar-refractivity contribution is 7.89. The molecule has 14 heteroatoms. The summed E-state index contributed by atoms with van der Waals surface area (Å²) in [5.41, 5.74) is 1.27. The van der Waals surface area contributed by atoms with Crippen molar-refractivity contribution in [2.75, 3.05) is 7.11 Å². The van der Waals surface area contributed by atoms with Crippen molar-refractivity contribution in [3.8, 4) is 34.5 Å². The Balaban J connectivity index is 0.000000198. The van der Waals surface area contributed by atoms with Crippen LogP contribution in [0, 0.1) is 24.2 Å². The lowest BCUT2D eigenvalue weighted by Crippen LogP contribution is -2.33. The van der Waals surface area contributed by atoms with Gasteiger partial charge in [0.25, 0.3) is 0 Å². The highest BCUT2D eigenvalue weighted by Gasteiger charge is 2.40. The first kappa shape index (κ1) is 37.4. The summed E-state index contributed by atoms with van der Waals surface area (Å²) in [4.78, 5) is 11.1. The lowest BCUT2D eigenvalue weighted by Gasteiger charge is -2.34. The number of hydrogen-bond donors (Lipinski definition) is 2. The number of nitrogens with two attached hydrogens (primary N) is 1. The van der Waals surface area contributed by atoms with Crippen LogP contribution in [-0.4, -0.2) is 42.5 Å². The summed E-state index contributed by atoms with van der Waals surface area (Å²) in [6.45, 7) is 1.87. The number of halogens is 3. The first-order valence-corrected chi connectivity index (χ1v) is 18.0. The molecule has 0 spiro atoms. The zero-order chi connectivity index (χ0) is 37.0. The topological polar surface area (TPSA) is 158 Å². The van der Waals surface area contributed by atoms with Crippen molar-refractivity contribution in [3.63, 3.8) is 0 Å². The number of ether oxygens (including phenoxy) is 2. The highest BCUT2D eigenvalue weighted by Crippen LogP contribution is 2.44. The SMILES string of the molecule is COc1ccc(C2(C#N)CCC(C(=O)O)CC2)cc1OC1CCCC1.Cc1ccc(-c2cc(C(F)(F)F)nn2-c2ccc(S(N)(=O)=O)cc2)cc1. The Kier molecular flexibility index (Phi) is 11.1. The Morgan fingerprint density at radius 1 is 0.980 bits per heavy atom. The molecule has 1 heterocycles. The van der Waals surface area contributed by atoms with Crippen molar-refractivity contribution >= 4 is 16.0 Å². The maximum atomic E-state index is 13.1. The van der Waals surface area contributed by atoms with E-state index in [0.29, 0.717) is 42.7 Å². The van der Waals surface area contributed by atoms with E-state index in [-0.39, 0.29) is 28.3 Å². The van der Waals surface area contributed by atoms with Crippen LogP contribution in [0.5, 0.6) is 11.5 Å². The average Bonchev–Trinajstić information content (AvgIpc) is 3.80. The van der Waals surface area contributed by atoms with Crippen molar-refractivity contribution in [2.24, 2.45) is 11.1 Å². The van der Waals surface area contributed by atoms with Crippen molar-refractivity contribution in [3.05, 3.63) is 89.6 Å². The monoisotopic (exact) mass is 724 g/mol. The summed E-state index contributed by atoms with van der Waals surface area (Å²) in [6.07, 6.45) is 2.29. The summed E-state index contributed by atoms with van der Waals surface area (Å²) >= 11 is 0. The Labute approximate surface area is 294 Å². The van der Waals surface area contributed by atoms with E-state index in [1.165, 1.54) is 37.1 Å². The Morgan fingerprint density at radius 3 is 2.14 bits per heavy atom. The maximum Gasteiger partial charge on any atom is 0.435 e. The van der Waals surface area contributed by atoms with Gasteiger partial charge in [-0.15, -0.1) is 0 Å². The van der Waals surface area contributed by atoms with E-state index in [2.05, 4.69) is 11.2 Å². The van der Waals surface area contributed by atoms with E-state index in [4.69, 9.17) is 14.6 Å². The molecule has 3 N–H and O–H groups in total. The summed E-state index contributed by atoms with van der Waals surface area (Å²) in [5.74, 6) is 0.283. The predicted octanol–water partition coefficient (Wildman–Crippen LogP) is 7.57. The van der Waals surface area contributed by atoms with Gasteiger partial charge >= 0.3 is 12.1 Å². The highest BCUT2D eigenvalue weighted by atomic mass is 32.2. The molecule has 0 radical (unpaired) electrons. The van der Waals surface area contributed by atoms with Crippen LogP contribution >= 0.6 is 0 Å². The molecule has 2 aliphatic carbocycles. The zero-order valence-corrected chi connectivity index (χ0v) is 29.0. The Morgan fingerprint density at radius 2 is 1.61 bits per heavy atom. The standard InChI is InChI=1S/C20H25NO4.C17H14F3N3O2S/c1-24-17-7-6-15(12-18(17)25-16-4-2-3-5-16)20(13-21)10-8-14(9-11-20)19(22)23;1-11-2-4-12(5-3-11)15-10-16(17(18,19)20)22-23(15)13-6-8-14(9-7-13)26(21,24)25/h6-7,12,14,16H,2-5,8-11H2,1H3,(H,22,23);2-10H,1H3,(H2,21,24,25). The number of aliphatic carboxylic acids is 1. The molecule has 270 valence electrons. The first-order valence-electron chi connectivity index (χ1n) is 16.5. The molecule has 10 nitrogen and oxygen atoms in total. The van der Waals surface area contributed by atoms with E-state index in [9.17, 15) is 36.8 Å². The molecule has 2 aliphatic rings. The predicted molar refractivity (Wildman–Crippen MR) is 183 cm³/mol. The molecule has 2 fully saturated rings. The van der Waals surface area contributed by atoms with Crippen LogP contribution < -0.4 is 14.6 Å². The molecule has 0 saturated heterocycles. The van der Waals surface area contributed by atoms with E-state index >= 15 is 0 Å². The number of carboxylic acid groups (broad SMARTS) is 1. The molecule has 0 aliphatic heterocycles. The van der Waals surface area contributed by atoms with E-state index in [1.54, 1.807) is 31.4 Å². The van der Waals surface area contributed by atoms with Crippen LogP contribution in [0.25, 0.3) is 16.9 Å². The van der Waals surface area contributed by atoms with Gasteiger partial charge in [0.15, 0.2) is 17.2 Å². The number of alkyl halides is 3. The number of methoxy groups -OCH3 is 1. The lowest BCUT2D eigenvalue weighted by atomic mass is 9.67. The summed E-state index contributed by atoms with van der Waals surface area (Å²) in [7, 11) is -2.28. The number of hydrogen-bond acceptors (Lipinski definition) is 7. The van der Waals surface area contributed by atoms with Crippen molar-refractivity contribution in [1.29, 1.82) is 5.26 Å². The normalized spacial score (nSPS) is 19.4. The largest absolute Gasteiger partial charge is 0.493 e. The number of aromatic nitrogens is 2. The Hall–Kier alpha value is -4.87. The minimum atomic E-state index is -4.61. The molecule has 1 aromatic heterocycles. The van der Waals surface area contributed by atoms with E-state index < -0.39 is 33.3 Å². The van der Waals surface area contributed by atoms with Crippen LogP contribution in [0.15, 0.2) is 77.7 Å². The number of primary sulfonamides is 1. The van der Waals surface area contributed by atoms with Gasteiger partial charge in [-0.2, -0.15) is 23.5 Å². The molecule has 0 atom stereocenters. The number of benzene rings is 3. The van der Waals surface area contributed by atoms with Gasteiger partial charge in [-0.1, -0.05) is 35.9 Å².